The fourth-order valence-electron chi connectivity index (χ4n) is 2.23. The number of carbonyl (C=O) groups excluding carboxylic acids is 1. The number of rotatable bonds is 2. The van der Waals surface area contributed by atoms with Gasteiger partial charge in [0.15, 0.2) is 0 Å². The van der Waals surface area contributed by atoms with Crippen LogP contribution in [0.3, 0.4) is 0 Å². The Hall–Kier alpha value is -2.50. The third kappa shape index (κ3) is 2.24. The molecule has 2 amide bonds. The van der Waals surface area contributed by atoms with Crippen LogP contribution in [0.2, 0.25) is 0 Å². The quantitative estimate of drug-likeness (QED) is 0.700. The average molecular weight is 261 g/mol. The van der Waals surface area contributed by atoms with Gasteiger partial charge in [-0.1, -0.05) is 12.1 Å². The first-order valence-corrected chi connectivity index (χ1v) is 5.75. The predicted molar refractivity (Wildman–Crippen MR) is 70.2 cm³/mol. The van der Waals surface area contributed by atoms with Crippen molar-refractivity contribution < 1.29 is 14.7 Å². The number of benzene rings is 1. The van der Waals surface area contributed by atoms with Crippen LogP contribution in [0.25, 0.3) is 0 Å². The first-order valence-electron chi connectivity index (χ1n) is 5.75. The first-order chi connectivity index (χ1) is 8.91. The highest BCUT2D eigenvalue weighted by Crippen LogP contribution is 2.33. The molecule has 0 aliphatic carbocycles. The molecule has 0 saturated carbocycles. The number of carboxylic acids is 1. The van der Waals surface area contributed by atoms with E-state index >= 15 is 0 Å². The Morgan fingerprint density at radius 1 is 1.47 bits per heavy atom. The molecule has 0 aromatic heterocycles. The van der Waals surface area contributed by atoms with E-state index in [2.05, 4.69) is 5.32 Å². The Labute approximate surface area is 110 Å². The molecule has 19 heavy (non-hydrogen) atoms. The van der Waals surface area contributed by atoms with Crippen molar-refractivity contribution >= 4 is 17.7 Å². The summed E-state index contributed by atoms with van der Waals surface area (Å²) >= 11 is 0. The van der Waals surface area contributed by atoms with Crippen LogP contribution < -0.4 is 11.1 Å². The van der Waals surface area contributed by atoms with Gasteiger partial charge in [0.2, 0.25) is 0 Å². The van der Waals surface area contributed by atoms with E-state index in [1.165, 1.54) is 4.90 Å². The molecular formula is C13H15N3O3. The number of nitrogen functional groups attached to an aromatic ring is 1. The Morgan fingerprint density at radius 3 is 2.74 bits per heavy atom. The number of anilines is 1. The molecule has 0 radical (unpaired) electrons. The molecule has 0 fully saturated rings. The van der Waals surface area contributed by atoms with Crippen LogP contribution in [0, 0.1) is 0 Å². The summed E-state index contributed by atoms with van der Waals surface area (Å²) in [5.74, 6) is -1.06. The number of nitrogens with zero attached hydrogens (tertiary/aromatic N) is 1. The molecule has 6 nitrogen and oxygen atoms in total. The van der Waals surface area contributed by atoms with E-state index in [1.807, 2.05) is 0 Å². The van der Waals surface area contributed by atoms with Gasteiger partial charge in [0, 0.05) is 18.4 Å². The van der Waals surface area contributed by atoms with Gasteiger partial charge >= 0.3 is 12.0 Å². The zero-order chi connectivity index (χ0) is 14.2. The van der Waals surface area contributed by atoms with Crippen molar-refractivity contribution in [2.24, 2.45) is 0 Å². The second-order valence-electron chi connectivity index (χ2n) is 4.46. The SMILES string of the molecule is CC1=C(C(=O)O)C(c2cccc(N)c2)N(C)C(=O)N1. The number of hydrogen-bond acceptors (Lipinski definition) is 3. The lowest BCUT2D eigenvalue weighted by Crippen LogP contribution is -2.46. The van der Waals surface area contributed by atoms with Crippen LogP contribution in [0.5, 0.6) is 0 Å². The number of nitrogens with two attached hydrogens (primary N) is 1. The summed E-state index contributed by atoms with van der Waals surface area (Å²) in [5.41, 5.74) is 7.42. The minimum Gasteiger partial charge on any atom is -0.478 e. The highest BCUT2D eigenvalue weighted by Gasteiger charge is 2.35. The standard InChI is InChI=1S/C13H15N3O3/c1-7-10(12(17)18)11(16(2)13(19)15-7)8-4-3-5-9(14)6-8/h3-6,11H,14H2,1-2H3,(H,15,19)(H,17,18). The zero-order valence-corrected chi connectivity index (χ0v) is 10.7. The van der Waals surface area contributed by atoms with Crippen molar-refractivity contribution in [3.05, 3.63) is 41.1 Å². The summed E-state index contributed by atoms with van der Waals surface area (Å²) in [5, 5.41) is 11.9. The summed E-state index contributed by atoms with van der Waals surface area (Å²) in [7, 11) is 1.55. The highest BCUT2D eigenvalue weighted by molar-refractivity contribution is 5.93. The normalized spacial score (nSPS) is 19.4. The van der Waals surface area contributed by atoms with Crippen LogP contribution in [0.4, 0.5) is 10.5 Å². The van der Waals surface area contributed by atoms with E-state index in [9.17, 15) is 14.7 Å². The molecule has 1 aromatic rings. The van der Waals surface area contributed by atoms with E-state index in [-0.39, 0.29) is 11.6 Å². The zero-order valence-electron chi connectivity index (χ0n) is 10.7. The second kappa shape index (κ2) is 4.64. The molecule has 1 aromatic carbocycles. The Morgan fingerprint density at radius 2 is 2.16 bits per heavy atom. The molecule has 0 spiro atoms. The topological polar surface area (TPSA) is 95.7 Å². The number of urea groups is 1. The minimum atomic E-state index is -1.06. The maximum Gasteiger partial charge on any atom is 0.335 e. The average Bonchev–Trinajstić information content (AvgIpc) is 2.32. The van der Waals surface area contributed by atoms with Crippen LogP contribution in [0.15, 0.2) is 35.5 Å². The molecule has 1 unspecified atom stereocenters. The number of amides is 2. The number of allylic oxidation sites excluding steroid dienone is 1. The van der Waals surface area contributed by atoms with Gasteiger partial charge in [-0.2, -0.15) is 0 Å². The summed E-state index contributed by atoms with van der Waals surface area (Å²) < 4.78 is 0. The maximum atomic E-state index is 11.8. The molecule has 0 saturated heterocycles. The van der Waals surface area contributed by atoms with E-state index in [1.54, 1.807) is 38.2 Å². The second-order valence-corrected chi connectivity index (χ2v) is 4.46. The van der Waals surface area contributed by atoms with Gasteiger partial charge in [-0.15, -0.1) is 0 Å². The lowest BCUT2D eigenvalue weighted by Gasteiger charge is -2.34. The summed E-state index contributed by atoms with van der Waals surface area (Å²) in [6, 6.07) is 5.90. The van der Waals surface area contributed by atoms with Crippen molar-refractivity contribution in [1.82, 2.24) is 10.2 Å². The third-order valence-electron chi connectivity index (χ3n) is 3.14. The number of likely N-dealkylation sites (N-methyl/N-ethyl adjacent to an activating group) is 1. The van der Waals surface area contributed by atoms with Crippen LogP contribution >= 0.6 is 0 Å². The number of nitrogens with one attached hydrogen (secondary N) is 1. The van der Waals surface area contributed by atoms with Crippen molar-refractivity contribution in [3.8, 4) is 0 Å². The predicted octanol–water partition coefficient (Wildman–Crippen LogP) is 1.32. The lowest BCUT2D eigenvalue weighted by atomic mass is 9.94. The fraction of sp³-hybridized carbons (Fsp3) is 0.231. The molecule has 1 aliphatic heterocycles. The molecule has 1 aliphatic rings. The van der Waals surface area contributed by atoms with E-state index in [0.717, 1.165) is 0 Å². The van der Waals surface area contributed by atoms with Gasteiger partial charge in [0.25, 0.3) is 0 Å². The lowest BCUT2D eigenvalue weighted by molar-refractivity contribution is -0.133. The summed E-state index contributed by atoms with van der Waals surface area (Å²) in [6.45, 7) is 1.58. The van der Waals surface area contributed by atoms with Crippen molar-refractivity contribution in [2.45, 2.75) is 13.0 Å². The van der Waals surface area contributed by atoms with Crippen LogP contribution in [-0.2, 0) is 4.79 Å². The summed E-state index contributed by atoms with van der Waals surface area (Å²) in [4.78, 5) is 24.6. The molecule has 100 valence electrons. The third-order valence-corrected chi connectivity index (χ3v) is 3.14. The minimum absolute atomic E-state index is 0.146. The van der Waals surface area contributed by atoms with E-state index in [0.29, 0.717) is 16.9 Å². The van der Waals surface area contributed by atoms with Gasteiger partial charge in [0.1, 0.15) is 0 Å². The first kappa shape index (κ1) is 12.9. The molecule has 0 bridgehead atoms. The molecule has 4 N–H and O–H groups in total. The van der Waals surface area contributed by atoms with Crippen molar-refractivity contribution in [3.63, 3.8) is 0 Å². The molecule has 1 atom stereocenters. The van der Waals surface area contributed by atoms with Gasteiger partial charge in [-0.25, -0.2) is 9.59 Å². The van der Waals surface area contributed by atoms with Crippen molar-refractivity contribution in [1.29, 1.82) is 0 Å². The van der Waals surface area contributed by atoms with Crippen LogP contribution in [0.1, 0.15) is 18.5 Å². The van der Waals surface area contributed by atoms with Gasteiger partial charge in [-0.3, -0.25) is 0 Å². The van der Waals surface area contributed by atoms with Crippen LogP contribution in [-0.4, -0.2) is 29.1 Å². The largest absolute Gasteiger partial charge is 0.478 e. The molecule has 1 heterocycles. The Kier molecular flexibility index (Phi) is 3.16. The van der Waals surface area contributed by atoms with Gasteiger partial charge < -0.3 is 21.1 Å². The Balaban J connectivity index is 2.58. The number of carbonyl (C=O) groups is 2. The number of carboxylic acid groups (broad SMARTS) is 1. The highest BCUT2D eigenvalue weighted by atomic mass is 16.4. The summed E-state index contributed by atoms with van der Waals surface area (Å²) in [6.07, 6.45) is 0. The fourth-order valence-corrected chi connectivity index (χ4v) is 2.23. The monoisotopic (exact) mass is 261 g/mol. The molecular weight excluding hydrogens is 246 g/mol. The number of aliphatic carboxylic acids is 1. The smallest absolute Gasteiger partial charge is 0.335 e. The maximum absolute atomic E-state index is 11.8. The molecule has 6 heteroatoms. The molecule has 2 rings (SSSR count). The Bertz CT molecular complexity index is 580. The van der Waals surface area contributed by atoms with E-state index in [4.69, 9.17) is 5.73 Å². The van der Waals surface area contributed by atoms with Gasteiger partial charge in [-0.05, 0) is 24.6 Å². The van der Waals surface area contributed by atoms with Crippen molar-refractivity contribution in [2.75, 3.05) is 12.8 Å². The number of hydrogen-bond donors (Lipinski definition) is 3. The van der Waals surface area contributed by atoms with Gasteiger partial charge in [0.05, 0.1) is 11.6 Å². The van der Waals surface area contributed by atoms with E-state index < -0.39 is 12.0 Å².